The Labute approximate surface area is 118 Å². The zero-order chi connectivity index (χ0) is 14.5. The molecule has 0 spiro atoms. The van der Waals surface area contributed by atoms with Crippen molar-refractivity contribution in [1.82, 2.24) is 20.1 Å². The second-order valence-corrected chi connectivity index (χ2v) is 4.52. The number of hydrogen-bond donors (Lipinski definition) is 2. The maximum atomic E-state index is 11.7. The van der Waals surface area contributed by atoms with Crippen molar-refractivity contribution in [2.24, 2.45) is 7.05 Å². The average molecular weight is 273 g/mol. The summed E-state index contributed by atoms with van der Waals surface area (Å²) in [6, 6.07) is 3.59. The van der Waals surface area contributed by atoms with Gasteiger partial charge >= 0.3 is 0 Å². The molecule has 1 amide bonds. The molecule has 0 aliphatic carbocycles. The maximum Gasteiger partial charge on any atom is 0.269 e. The van der Waals surface area contributed by atoms with Crippen LogP contribution in [0.5, 0.6) is 0 Å². The van der Waals surface area contributed by atoms with Crippen LogP contribution in [0.2, 0.25) is 0 Å². The molecular weight excluding hydrogens is 254 g/mol. The molecule has 0 fully saturated rings. The molecular formula is C14H19N5O. The van der Waals surface area contributed by atoms with Gasteiger partial charge in [0.05, 0.1) is 6.20 Å². The number of aromatic nitrogens is 3. The Bertz CT molecular complexity index is 605. The summed E-state index contributed by atoms with van der Waals surface area (Å²) in [5, 5.41) is 10.2. The molecule has 0 aliphatic heterocycles. The van der Waals surface area contributed by atoms with Crippen LogP contribution in [0, 0.1) is 6.92 Å². The summed E-state index contributed by atoms with van der Waals surface area (Å²) in [5.41, 5.74) is 3.53. The number of hydrogen-bond acceptors (Lipinski definition) is 4. The standard InChI is InChI=1S/C14H19N5O/c1-4-15-14(20)13-7-12(5-6-16-13)17-8-11-9-18-19(3)10(11)2/h5-7,9H,4,8H2,1-3H3,(H,15,20)(H,16,17). The molecule has 2 rings (SSSR count). The highest BCUT2D eigenvalue weighted by Crippen LogP contribution is 2.12. The Morgan fingerprint density at radius 1 is 1.45 bits per heavy atom. The number of pyridine rings is 1. The zero-order valence-corrected chi connectivity index (χ0v) is 12.0. The van der Waals surface area contributed by atoms with E-state index in [1.165, 1.54) is 0 Å². The Hall–Kier alpha value is -2.37. The van der Waals surface area contributed by atoms with Crippen molar-refractivity contribution in [1.29, 1.82) is 0 Å². The topological polar surface area (TPSA) is 71.8 Å². The number of anilines is 1. The molecule has 0 aliphatic rings. The van der Waals surface area contributed by atoms with Crippen molar-refractivity contribution in [3.05, 3.63) is 41.5 Å². The molecule has 2 heterocycles. The Morgan fingerprint density at radius 2 is 2.25 bits per heavy atom. The number of rotatable bonds is 5. The van der Waals surface area contributed by atoms with Crippen LogP contribution in [0.3, 0.4) is 0 Å². The Balaban J connectivity index is 2.05. The molecule has 6 heteroatoms. The fourth-order valence-electron chi connectivity index (χ4n) is 1.83. The van der Waals surface area contributed by atoms with E-state index in [1.54, 1.807) is 12.3 Å². The van der Waals surface area contributed by atoms with E-state index in [0.29, 0.717) is 18.8 Å². The van der Waals surface area contributed by atoms with Crippen LogP contribution in [-0.4, -0.2) is 27.2 Å². The molecule has 106 valence electrons. The smallest absolute Gasteiger partial charge is 0.269 e. The lowest BCUT2D eigenvalue weighted by molar-refractivity contribution is 0.0951. The van der Waals surface area contributed by atoms with Crippen LogP contribution < -0.4 is 10.6 Å². The molecule has 0 radical (unpaired) electrons. The van der Waals surface area contributed by atoms with Gasteiger partial charge in [-0.05, 0) is 26.0 Å². The average Bonchev–Trinajstić information content (AvgIpc) is 2.77. The van der Waals surface area contributed by atoms with E-state index in [2.05, 4.69) is 20.7 Å². The minimum Gasteiger partial charge on any atom is -0.381 e. The third-order valence-electron chi connectivity index (χ3n) is 3.15. The first kappa shape index (κ1) is 14.0. The Morgan fingerprint density at radius 3 is 2.90 bits per heavy atom. The first-order valence-corrected chi connectivity index (χ1v) is 6.57. The van der Waals surface area contributed by atoms with Crippen molar-refractivity contribution in [3.8, 4) is 0 Å². The van der Waals surface area contributed by atoms with E-state index in [4.69, 9.17) is 0 Å². The number of nitrogens with one attached hydrogen (secondary N) is 2. The molecule has 20 heavy (non-hydrogen) atoms. The van der Waals surface area contributed by atoms with E-state index in [-0.39, 0.29) is 5.91 Å². The zero-order valence-electron chi connectivity index (χ0n) is 12.0. The van der Waals surface area contributed by atoms with Gasteiger partial charge in [0, 0.05) is 43.3 Å². The van der Waals surface area contributed by atoms with Gasteiger partial charge in [-0.15, -0.1) is 0 Å². The van der Waals surface area contributed by atoms with E-state index < -0.39 is 0 Å². The molecule has 0 bridgehead atoms. The van der Waals surface area contributed by atoms with Crippen LogP contribution in [0.25, 0.3) is 0 Å². The highest BCUT2D eigenvalue weighted by atomic mass is 16.1. The first-order chi connectivity index (χ1) is 9.61. The lowest BCUT2D eigenvalue weighted by Gasteiger charge is -2.07. The van der Waals surface area contributed by atoms with E-state index >= 15 is 0 Å². The van der Waals surface area contributed by atoms with Crippen molar-refractivity contribution in [2.45, 2.75) is 20.4 Å². The van der Waals surface area contributed by atoms with Crippen molar-refractivity contribution in [2.75, 3.05) is 11.9 Å². The minimum atomic E-state index is -0.159. The number of aryl methyl sites for hydroxylation is 1. The van der Waals surface area contributed by atoms with Gasteiger partial charge in [-0.2, -0.15) is 5.10 Å². The van der Waals surface area contributed by atoms with Crippen LogP contribution in [-0.2, 0) is 13.6 Å². The second kappa shape index (κ2) is 6.18. The highest BCUT2D eigenvalue weighted by molar-refractivity contribution is 5.93. The molecule has 2 aromatic rings. The predicted molar refractivity (Wildman–Crippen MR) is 77.5 cm³/mol. The van der Waals surface area contributed by atoms with Crippen LogP contribution >= 0.6 is 0 Å². The number of amides is 1. The van der Waals surface area contributed by atoms with E-state index in [1.807, 2.05) is 37.8 Å². The lowest BCUT2D eigenvalue weighted by atomic mass is 10.2. The second-order valence-electron chi connectivity index (χ2n) is 4.52. The van der Waals surface area contributed by atoms with Gasteiger partial charge in [-0.3, -0.25) is 14.5 Å². The summed E-state index contributed by atoms with van der Waals surface area (Å²) < 4.78 is 1.84. The quantitative estimate of drug-likeness (QED) is 0.865. The largest absolute Gasteiger partial charge is 0.381 e. The molecule has 2 N–H and O–H groups in total. The van der Waals surface area contributed by atoms with Gasteiger partial charge in [-0.25, -0.2) is 0 Å². The van der Waals surface area contributed by atoms with Crippen molar-refractivity contribution >= 4 is 11.6 Å². The number of carbonyl (C=O) groups is 1. The van der Waals surface area contributed by atoms with E-state index in [9.17, 15) is 4.79 Å². The van der Waals surface area contributed by atoms with Gasteiger partial charge < -0.3 is 10.6 Å². The molecule has 0 atom stereocenters. The van der Waals surface area contributed by atoms with Gasteiger partial charge in [-0.1, -0.05) is 0 Å². The normalized spacial score (nSPS) is 10.3. The first-order valence-electron chi connectivity index (χ1n) is 6.57. The highest BCUT2D eigenvalue weighted by Gasteiger charge is 2.07. The summed E-state index contributed by atoms with van der Waals surface area (Å²) in [6.07, 6.45) is 3.47. The molecule has 2 aromatic heterocycles. The van der Waals surface area contributed by atoms with Gasteiger partial charge in [0.2, 0.25) is 0 Å². The molecule has 0 aromatic carbocycles. The van der Waals surface area contributed by atoms with E-state index in [0.717, 1.165) is 16.9 Å². The summed E-state index contributed by atoms with van der Waals surface area (Å²) in [5.74, 6) is -0.159. The summed E-state index contributed by atoms with van der Waals surface area (Å²) >= 11 is 0. The van der Waals surface area contributed by atoms with Gasteiger partial charge in [0.15, 0.2) is 0 Å². The molecule has 0 saturated carbocycles. The van der Waals surface area contributed by atoms with Crippen molar-refractivity contribution < 1.29 is 4.79 Å². The van der Waals surface area contributed by atoms with Crippen LogP contribution in [0.4, 0.5) is 5.69 Å². The number of carbonyl (C=O) groups excluding carboxylic acids is 1. The fraction of sp³-hybridized carbons (Fsp3) is 0.357. The molecule has 6 nitrogen and oxygen atoms in total. The SMILES string of the molecule is CCNC(=O)c1cc(NCc2cnn(C)c2C)ccn1. The minimum absolute atomic E-state index is 0.159. The molecule has 0 unspecified atom stereocenters. The van der Waals surface area contributed by atoms with Gasteiger partial charge in [0.25, 0.3) is 5.91 Å². The predicted octanol–water partition coefficient (Wildman–Crippen LogP) is 1.49. The number of nitrogens with zero attached hydrogens (tertiary/aromatic N) is 3. The van der Waals surface area contributed by atoms with Crippen LogP contribution in [0.1, 0.15) is 28.7 Å². The van der Waals surface area contributed by atoms with Crippen molar-refractivity contribution in [3.63, 3.8) is 0 Å². The fourth-order valence-corrected chi connectivity index (χ4v) is 1.83. The monoisotopic (exact) mass is 273 g/mol. The molecule has 0 saturated heterocycles. The summed E-state index contributed by atoms with van der Waals surface area (Å²) in [6.45, 7) is 5.16. The van der Waals surface area contributed by atoms with Gasteiger partial charge in [0.1, 0.15) is 5.69 Å². The Kier molecular flexibility index (Phi) is 4.34. The summed E-state index contributed by atoms with van der Waals surface area (Å²) in [7, 11) is 1.92. The van der Waals surface area contributed by atoms with Crippen LogP contribution in [0.15, 0.2) is 24.5 Å². The summed E-state index contributed by atoms with van der Waals surface area (Å²) in [4.78, 5) is 15.8. The maximum absolute atomic E-state index is 11.7. The third kappa shape index (κ3) is 3.14. The third-order valence-corrected chi connectivity index (χ3v) is 3.15. The lowest BCUT2D eigenvalue weighted by Crippen LogP contribution is -2.23.